The van der Waals surface area contributed by atoms with E-state index >= 15 is 0 Å². The third-order valence-electron chi connectivity index (χ3n) is 6.16. The monoisotopic (exact) mass is 370 g/mol. The lowest BCUT2D eigenvalue weighted by atomic mass is 10.1. The number of imidazole rings is 1. The van der Waals surface area contributed by atoms with Crippen molar-refractivity contribution in [3.05, 3.63) is 40.7 Å². The maximum absolute atomic E-state index is 12.8. The van der Waals surface area contributed by atoms with Crippen molar-refractivity contribution in [1.29, 1.82) is 0 Å². The Labute approximate surface area is 158 Å². The fourth-order valence-electron chi connectivity index (χ4n) is 4.75. The van der Waals surface area contributed by atoms with Gasteiger partial charge in [-0.25, -0.2) is 4.98 Å². The zero-order valence-corrected chi connectivity index (χ0v) is 15.5. The van der Waals surface area contributed by atoms with Crippen LogP contribution in [0.25, 0.3) is 11.4 Å². The van der Waals surface area contributed by atoms with Crippen molar-refractivity contribution in [2.45, 2.75) is 38.3 Å². The maximum Gasteiger partial charge on any atom is 0.237 e. The van der Waals surface area contributed by atoms with E-state index in [1.165, 1.54) is 19.3 Å². The van der Waals surface area contributed by atoms with Gasteiger partial charge in [0, 0.05) is 36.1 Å². The standard InChI is InChI=1S/C20H23ClN4O/c21-15-4-2-14(3-5-15)20-22-17-7-8-24(11-18(17)23-20)19(26)12-25-10-13-1-6-16(25)9-13/h2-5,13,16H,1,6-12H2,(H,22,23)/t13-,16+/m0/s1. The minimum atomic E-state index is 0.255. The number of hydrogen-bond acceptors (Lipinski definition) is 3. The Morgan fingerprint density at radius 1 is 1.27 bits per heavy atom. The summed E-state index contributed by atoms with van der Waals surface area (Å²) in [6.45, 7) is 3.09. The number of H-pyrrole nitrogens is 1. The Bertz CT molecular complexity index is 831. The summed E-state index contributed by atoms with van der Waals surface area (Å²) in [6, 6.07) is 8.33. The molecule has 5 nitrogen and oxygen atoms in total. The van der Waals surface area contributed by atoms with E-state index in [1.807, 2.05) is 29.2 Å². The first-order chi connectivity index (χ1) is 12.7. The molecule has 2 fully saturated rings. The largest absolute Gasteiger partial charge is 0.340 e. The van der Waals surface area contributed by atoms with Crippen LogP contribution >= 0.6 is 11.6 Å². The molecule has 6 heteroatoms. The Balaban J connectivity index is 1.27. The molecular formula is C20H23ClN4O. The Morgan fingerprint density at radius 3 is 2.85 bits per heavy atom. The topological polar surface area (TPSA) is 52.2 Å². The molecular weight excluding hydrogens is 348 g/mol. The number of halogens is 1. The fourth-order valence-corrected chi connectivity index (χ4v) is 4.87. The summed E-state index contributed by atoms with van der Waals surface area (Å²) in [6.07, 6.45) is 4.73. The molecule has 2 atom stereocenters. The van der Waals surface area contributed by atoms with Crippen molar-refractivity contribution < 1.29 is 4.79 Å². The minimum absolute atomic E-state index is 0.255. The van der Waals surface area contributed by atoms with E-state index in [4.69, 9.17) is 16.6 Å². The number of carbonyl (C=O) groups excluding carboxylic acids is 1. The molecule has 2 aromatic rings. The fraction of sp³-hybridized carbons (Fsp3) is 0.500. The predicted molar refractivity (Wildman–Crippen MR) is 101 cm³/mol. The lowest BCUT2D eigenvalue weighted by Crippen LogP contribution is -2.45. The average molecular weight is 371 g/mol. The van der Waals surface area contributed by atoms with Crippen LogP contribution in [0, 0.1) is 5.92 Å². The van der Waals surface area contributed by atoms with Gasteiger partial charge in [-0.15, -0.1) is 0 Å². The van der Waals surface area contributed by atoms with Crippen molar-refractivity contribution in [3.63, 3.8) is 0 Å². The van der Waals surface area contributed by atoms with Crippen LogP contribution in [-0.4, -0.2) is 51.4 Å². The van der Waals surface area contributed by atoms with E-state index in [0.717, 1.165) is 53.2 Å². The van der Waals surface area contributed by atoms with Crippen LogP contribution in [0.4, 0.5) is 0 Å². The van der Waals surface area contributed by atoms with Gasteiger partial charge in [0.15, 0.2) is 0 Å². The molecule has 0 radical (unpaired) electrons. The second kappa shape index (κ2) is 6.39. The average Bonchev–Trinajstić information content (AvgIpc) is 3.36. The van der Waals surface area contributed by atoms with Gasteiger partial charge in [0.2, 0.25) is 5.91 Å². The highest BCUT2D eigenvalue weighted by Gasteiger charge is 2.39. The molecule has 2 aliphatic heterocycles. The van der Waals surface area contributed by atoms with Crippen molar-refractivity contribution >= 4 is 17.5 Å². The summed E-state index contributed by atoms with van der Waals surface area (Å²) in [4.78, 5) is 25.3. The Hall–Kier alpha value is -1.85. The van der Waals surface area contributed by atoms with Crippen LogP contribution in [-0.2, 0) is 17.8 Å². The third-order valence-corrected chi connectivity index (χ3v) is 6.42. The number of piperidine rings is 1. The van der Waals surface area contributed by atoms with Crippen LogP contribution in [0.3, 0.4) is 0 Å². The number of rotatable bonds is 3. The van der Waals surface area contributed by atoms with Gasteiger partial charge in [-0.3, -0.25) is 9.69 Å². The number of fused-ring (bicyclic) bond motifs is 3. The van der Waals surface area contributed by atoms with E-state index in [2.05, 4.69) is 9.88 Å². The normalized spacial score (nSPS) is 24.9. The van der Waals surface area contributed by atoms with Gasteiger partial charge < -0.3 is 9.88 Å². The summed E-state index contributed by atoms with van der Waals surface area (Å²) in [5.41, 5.74) is 3.17. The molecule has 0 unspecified atom stereocenters. The minimum Gasteiger partial charge on any atom is -0.340 e. The molecule has 1 saturated carbocycles. The number of likely N-dealkylation sites (tertiary alicyclic amines) is 1. The molecule has 5 rings (SSSR count). The van der Waals surface area contributed by atoms with Gasteiger partial charge in [0.25, 0.3) is 0 Å². The molecule has 26 heavy (non-hydrogen) atoms. The Kier molecular flexibility index (Phi) is 4.02. The number of nitrogens with one attached hydrogen (secondary N) is 1. The first kappa shape index (κ1) is 16.3. The molecule has 0 spiro atoms. The van der Waals surface area contributed by atoms with Crippen molar-refractivity contribution in [2.24, 2.45) is 5.92 Å². The molecule has 136 valence electrons. The smallest absolute Gasteiger partial charge is 0.237 e. The molecule has 1 N–H and O–H groups in total. The van der Waals surface area contributed by atoms with Gasteiger partial charge >= 0.3 is 0 Å². The van der Waals surface area contributed by atoms with E-state index in [1.54, 1.807) is 0 Å². The highest BCUT2D eigenvalue weighted by Crippen LogP contribution is 2.37. The van der Waals surface area contributed by atoms with E-state index in [9.17, 15) is 4.79 Å². The van der Waals surface area contributed by atoms with Crippen LogP contribution in [0.2, 0.25) is 5.02 Å². The van der Waals surface area contributed by atoms with Gasteiger partial charge in [-0.05, 0) is 49.4 Å². The van der Waals surface area contributed by atoms with Gasteiger partial charge in [-0.1, -0.05) is 11.6 Å². The van der Waals surface area contributed by atoms with Gasteiger partial charge in [0.1, 0.15) is 5.82 Å². The summed E-state index contributed by atoms with van der Waals surface area (Å²) in [5.74, 6) is 1.94. The molecule has 1 amide bonds. The molecule has 2 bridgehead atoms. The van der Waals surface area contributed by atoms with E-state index in [-0.39, 0.29) is 5.91 Å². The SMILES string of the molecule is O=C(CN1C[C@H]2CC[C@@H]1C2)N1CCc2nc(-c3ccc(Cl)cc3)[nH]c2C1. The van der Waals surface area contributed by atoms with Crippen LogP contribution < -0.4 is 0 Å². The zero-order chi connectivity index (χ0) is 17.7. The number of aromatic amines is 1. The second-order valence-corrected chi connectivity index (χ2v) is 8.28. The number of aromatic nitrogens is 2. The Morgan fingerprint density at radius 2 is 2.12 bits per heavy atom. The zero-order valence-electron chi connectivity index (χ0n) is 14.7. The molecule has 1 aromatic carbocycles. The van der Waals surface area contributed by atoms with E-state index < -0.39 is 0 Å². The number of hydrogen-bond donors (Lipinski definition) is 1. The van der Waals surface area contributed by atoms with Gasteiger partial charge in [0.05, 0.1) is 24.5 Å². The molecule has 3 heterocycles. The quantitative estimate of drug-likeness (QED) is 0.903. The van der Waals surface area contributed by atoms with Crippen LogP contribution in [0.5, 0.6) is 0 Å². The van der Waals surface area contributed by atoms with Crippen molar-refractivity contribution in [2.75, 3.05) is 19.6 Å². The van der Waals surface area contributed by atoms with Crippen LogP contribution in [0.1, 0.15) is 30.7 Å². The number of benzene rings is 1. The maximum atomic E-state index is 12.8. The number of carbonyl (C=O) groups is 1. The summed E-state index contributed by atoms with van der Waals surface area (Å²) in [7, 11) is 0. The van der Waals surface area contributed by atoms with Crippen LogP contribution in [0.15, 0.2) is 24.3 Å². The number of amides is 1. The first-order valence-electron chi connectivity index (χ1n) is 9.51. The van der Waals surface area contributed by atoms with Crippen molar-refractivity contribution in [3.8, 4) is 11.4 Å². The summed E-state index contributed by atoms with van der Waals surface area (Å²) in [5, 5.41) is 0.720. The van der Waals surface area contributed by atoms with Gasteiger partial charge in [-0.2, -0.15) is 0 Å². The third kappa shape index (κ3) is 2.93. The highest BCUT2D eigenvalue weighted by atomic mass is 35.5. The lowest BCUT2D eigenvalue weighted by Gasteiger charge is -2.31. The molecule has 1 saturated heterocycles. The summed E-state index contributed by atoms with van der Waals surface area (Å²) >= 11 is 5.97. The molecule has 3 aliphatic rings. The highest BCUT2D eigenvalue weighted by molar-refractivity contribution is 6.30. The van der Waals surface area contributed by atoms with Crippen molar-refractivity contribution in [1.82, 2.24) is 19.8 Å². The molecule has 1 aliphatic carbocycles. The lowest BCUT2D eigenvalue weighted by molar-refractivity contribution is -0.133. The number of nitrogens with zero attached hydrogens (tertiary/aromatic N) is 3. The second-order valence-electron chi connectivity index (χ2n) is 7.85. The molecule has 1 aromatic heterocycles. The summed E-state index contributed by atoms with van der Waals surface area (Å²) < 4.78 is 0. The predicted octanol–water partition coefficient (Wildman–Crippen LogP) is 3.10. The van der Waals surface area contributed by atoms with E-state index in [0.29, 0.717) is 19.1 Å². The first-order valence-corrected chi connectivity index (χ1v) is 9.89.